The molecule has 0 radical (unpaired) electrons. The average molecular weight is 362 g/mol. The average Bonchev–Trinajstić information content (AvgIpc) is 2.69. The van der Waals surface area contributed by atoms with Crippen LogP contribution in [0.5, 0.6) is 0 Å². The van der Waals surface area contributed by atoms with Crippen molar-refractivity contribution in [3.63, 3.8) is 0 Å². The minimum atomic E-state index is 0.259. The predicted molar refractivity (Wildman–Crippen MR) is 104 cm³/mol. The van der Waals surface area contributed by atoms with E-state index < -0.39 is 0 Å². The second-order valence-electron chi connectivity index (χ2n) is 7.42. The third-order valence-corrected chi connectivity index (χ3v) is 4.72. The molecule has 3 aromatic heterocycles. The molecule has 2 atom stereocenters. The van der Waals surface area contributed by atoms with Gasteiger partial charge < -0.3 is 0 Å². The third kappa shape index (κ3) is 5.12. The summed E-state index contributed by atoms with van der Waals surface area (Å²) in [4.78, 5) is 17.5. The number of hydrogen-bond donors (Lipinski definition) is 0. The fourth-order valence-corrected chi connectivity index (χ4v) is 3.06. The first-order valence-corrected chi connectivity index (χ1v) is 9.41. The Morgan fingerprint density at radius 2 is 1.59 bits per heavy atom. The van der Waals surface area contributed by atoms with E-state index in [1.165, 1.54) is 5.56 Å². The standard InChI is InChI=1S/C21H26N6/c1-14(2)19-9-17(11-26-27-19)7-15(3)20-10-18(24-13-25-20)8-16(4)21-12-22-5-6-23-21/h5-6,9-16H,7-8H2,1-4H3. The molecule has 0 spiro atoms. The molecule has 0 aromatic carbocycles. The van der Waals surface area contributed by atoms with Gasteiger partial charge in [0, 0.05) is 41.8 Å². The molecule has 140 valence electrons. The SMILES string of the molecule is CC(C)c1cc(CC(C)c2cc(CC(C)c3cnccn3)ncn2)cnn1. The molecule has 3 rings (SSSR count). The highest BCUT2D eigenvalue weighted by atomic mass is 15.1. The summed E-state index contributed by atoms with van der Waals surface area (Å²) in [5.74, 6) is 0.915. The normalized spacial score (nSPS) is 13.5. The topological polar surface area (TPSA) is 77.3 Å². The maximum atomic E-state index is 4.50. The number of aromatic nitrogens is 6. The summed E-state index contributed by atoms with van der Waals surface area (Å²) < 4.78 is 0. The fourth-order valence-electron chi connectivity index (χ4n) is 3.06. The minimum absolute atomic E-state index is 0.259. The second-order valence-corrected chi connectivity index (χ2v) is 7.42. The zero-order chi connectivity index (χ0) is 19.2. The Hall–Kier alpha value is -2.76. The van der Waals surface area contributed by atoms with Crippen LogP contribution in [0.4, 0.5) is 0 Å². The van der Waals surface area contributed by atoms with Crippen LogP contribution in [0.25, 0.3) is 0 Å². The van der Waals surface area contributed by atoms with Crippen LogP contribution in [0, 0.1) is 0 Å². The molecule has 0 saturated heterocycles. The van der Waals surface area contributed by atoms with Crippen LogP contribution in [0.1, 0.15) is 73.8 Å². The molecule has 6 nitrogen and oxygen atoms in total. The predicted octanol–water partition coefficient (Wildman–Crippen LogP) is 3.87. The largest absolute Gasteiger partial charge is 0.261 e. The van der Waals surface area contributed by atoms with Gasteiger partial charge in [0.15, 0.2) is 0 Å². The minimum Gasteiger partial charge on any atom is -0.261 e. The summed E-state index contributed by atoms with van der Waals surface area (Å²) in [6.07, 6.45) is 10.4. The Labute approximate surface area is 160 Å². The van der Waals surface area contributed by atoms with Gasteiger partial charge in [0.25, 0.3) is 0 Å². The Balaban J connectivity index is 1.70. The maximum absolute atomic E-state index is 4.50. The third-order valence-electron chi connectivity index (χ3n) is 4.72. The van der Waals surface area contributed by atoms with Gasteiger partial charge in [0.05, 0.1) is 17.6 Å². The summed E-state index contributed by atoms with van der Waals surface area (Å²) in [5, 5.41) is 8.36. The van der Waals surface area contributed by atoms with Crippen molar-refractivity contribution in [2.24, 2.45) is 0 Å². The second kappa shape index (κ2) is 8.75. The Kier molecular flexibility index (Phi) is 6.16. The van der Waals surface area contributed by atoms with Crippen LogP contribution in [0.2, 0.25) is 0 Å². The fraction of sp³-hybridized carbons (Fsp3) is 0.429. The van der Waals surface area contributed by atoms with Gasteiger partial charge in [0.2, 0.25) is 0 Å². The molecule has 2 unspecified atom stereocenters. The van der Waals surface area contributed by atoms with Gasteiger partial charge in [-0.15, -0.1) is 0 Å². The summed E-state index contributed by atoms with van der Waals surface area (Å²) in [6.45, 7) is 8.59. The van der Waals surface area contributed by atoms with E-state index in [0.717, 1.165) is 35.6 Å². The lowest BCUT2D eigenvalue weighted by Gasteiger charge is -2.14. The number of nitrogens with zero attached hydrogens (tertiary/aromatic N) is 6. The van der Waals surface area contributed by atoms with E-state index in [0.29, 0.717) is 5.92 Å². The lowest BCUT2D eigenvalue weighted by atomic mass is 9.96. The van der Waals surface area contributed by atoms with E-state index in [2.05, 4.69) is 70.0 Å². The van der Waals surface area contributed by atoms with Crippen molar-refractivity contribution in [1.29, 1.82) is 0 Å². The van der Waals surface area contributed by atoms with Gasteiger partial charge in [-0.05, 0) is 36.5 Å². The number of rotatable bonds is 7. The van der Waals surface area contributed by atoms with Gasteiger partial charge in [0.1, 0.15) is 6.33 Å². The monoisotopic (exact) mass is 362 g/mol. The van der Waals surface area contributed by atoms with Crippen LogP contribution < -0.4 is 0 Å². The molecule has 0 bridgehead atoms. The summed E-state index contributed by atoms with van der Waals surface area (Å²) in [6, 6.07) is 4.25. The van der Waals surface area contributed by atoms with Crippen molar-refractivity contribution < 1.29 is 0 Å². The van der Waals surface area contributed by atoms with Crippen molar-refractivity contribution in [2.45, 2.75) is 58.3 Å². The summed E-state index contributed by atoms with van der Waals surface area (Å²) in [5.41, 5.74) is 5.28. The molecule has 0 aliphatic heterocycles. The van der Waals surface area contributed by atoms with E-state index in [1.54, 1.807) is 18.7 Å². The molecular weight excluding hydrogens is 336 g/mol. The first-order chi connectivity index (χ1) is 13.0. The van der Waals surface area contributed by atoms with E-state index in [9.17, 15) is 0 Å². The molecule has 0 amide bonds. The smallest absolute Gasteiger partial charge is 0.115 e. The van der Waals surface area contributed by atoms with Crippen LogP contribution in [0.3, 0.4) is 0 Å². The van der Waals surface area contributed by atoms with E-state index >= 15 is 0 Å². The molecule has 0 aliphatic carbocycles. The highest BCUT2D eigenvalue weighted by Gasteiger charge is 2.14. The zero-order valence-corrected chi connectivity index (χ0v) is 16.4. The van der Waals surface area contributed by atoms with Crippen molar-refractivity contribution >= 4 is 0 Å². The van der Waals surface area contributed by atoms with Gasteiger partial charge in [-0.2, -0.15) is 10.2 Å². The van der Waals surface area contributed by atoms with Crippen LogP contribution in [0.15, 0.2) is 43.2 Å². The zero-order valence-electron chi connectivity index (χ0n) is 16.4. The lowest BCUT2D eigenvalue weighted by Crippen LogP contribution is -2.07. The molecule has 6 heteroatoms. The van der Waals surface area contributed by atoms with Gasteiger partial charge in [-0.3, -0.25) is 9.97 Å². The highest BCUT2D eigenvalue weighted by molar-refractivity contribution is 5.21. The first-order valence-electron chi connectivity index (χ1n) is 9.41. The Morgan fingerprint density at radius 1 is 0.778 bits per heavy atom. The van der Waals surface area contributed by atoms with Crippen LogP contribution in [-0.2, 0) is 12.8 Å². The summed E-state index contributed by atoms with van der Waals surface area (Å²) in [7, 11) is 0. The molecule has 0 fully saturated rings. The molecular formula is C21H26N6. The summed E-state index contributed by atoms with van der Waals surface area (Å²) >= 11 is 0. The van der Waals surface area contributed by atoms with Gasteiger partial charge in [-0.1, -0.05) is 27.7 Å². The molecule has 3 aromatic rings. The quantitative estimate of drug-likeness (QED) is 0.635. The molecule has 0 N–H and O–H groups in total. The van der Waals surface area contributed by atoms with Gasteiger partial charge in [-0.25, -0.2) is 9.97 Å². The molecule has 0 saturated carbocycles. The highest BCUT2D eigenvalue weighted by Crippen LogP contribution is 2.22. The molecule has 3 heterocycles. The van der Waals surface area contributed by atoms with Crippen LogP contribution >= 0.6 is 0 Å². The van der Waals surface area contributed by atoms with E-state index in [-0.39, 0.29) is 11.8 Å². The van der Waals surface area contributed by atoms with Crippen molar-refractivity contribution in [1.82, 2.24) is 30.1 Å². The van der Waals surface area contributed by atoms with Crippen molar-refractivity contribution in [3.05, 3.63) is 71.6 Å². The number of hydrogen-bond acceptors (Lipinski definition) is 6. The maximum Gasteiger partial charge on any atom is 0.115 e. The van der Waals surface area contributed by atoms with Crippen molar-refractivity contribution in [3.8, 4) is 0 Å². The first kappa shape index (κ1) is 19.0. The van der Waals surface area contributed by atoms with Crippen LogP contribution in [-0.4, -0.2) is 30.1 Å². The molecule has 0 aliphatic rings. The van der Waals surface area contributed by atoms with Crippen molar-refractivity contribution in [2.75, 3.05) is 0 Å². The molecule has 27 heavy (non-hydrogen) atoms. The Bertz CT molecular complexity index is 865. The van der Waals surface area contributed by atoms with Gasteiger partial charge >= 0.3 is 0 Å². The Morgan fingerprint density at radius 3 is 2.33 bits per heavy atom. The lowest BCUT2D eigenvalue weighted by molar-refractivity contribution is 0.684. The van der Waals surface area contributed by atoms with E-state index in [4.69, 9.17) is 0 Å². The van der Waals surface area contributed by atoms with E-state index in [1.807, 2.05) is 12.4 Å².